The van der Waals surface area contributed by atoms with Gasteiger partial charge < -0.3 is 0 Å². The number of carbonyl (C=O) groups is 1. The highest BCUT2D eigenvalue weighted by molar-refractivity contribution is 7.14. The van der Waals surface area contributed by atoms with Crippen molar-refractivity contribution in [2.75, 3.05) is 0 Å². The third-order valence-corrected chi connectivity index (χ3v) is 3.80. The summed E-state index contributed by atoms with van der Waals surface area (Å²) in [6.45, 7) is 4.16. The molecule has 104 valence electrons. The summed E-state index contributed by atoms with van der Waals surface area (Å²) >= 11 is 1.69. The minimum atomic E-state index is -0.214. The molecule has 1 N–H and O–H groups in total. The van der Waals surface area contributed by atoms with Crippen molar-refractivity contribution in [1.82, 2.24) is 10.4 Å². The molecule has 0 radical (unpaired) electrons. The van der Waals surface area contributed by atoms with Crippen LogP contribution in [0.1, 0.15) is 39.9 Å². The Bertz CT molecular complexity index is 605. The molecule has 0 fully saturated rings. The summed E-state index contributed by atoms with van der Waals surface area (Å²) in [6, 6.07) is 7.45. The molecule has 2 aromatic heterocycles. The van der Waals surface area contributed by atoms with E-state index in [1.165, 1.54) is 4.88 Å². The second kappa shape index (κ2) is 6.96. The summed E-state index contributed by atoms with van der Waals surface area (Å²) in [5.41, 5.74) is 4.10. The molecular formula is C15H17N3OS. The van der Waals surface area contributed by atoms with E-state index in [9.17, 15) is 4.79 Å². The monoisotopic (exact) mass is 287 g/mol. The van der Waals surface area contributed by atoms with Gasteiger partial charge in [-0.3, -0.25) is 9.78 Å². The fraction of sp³-hybridized carbons (Fsp3) is 0.267. The van der Waals surface area contributed by atoms with Crippen LogP contribution in [0.4, 0.5) is 0 Å². The molecule has 0 aromatic carbocycles. The van der Waals surface area contributed by atoms with E-state index < -0.39 is 0 Å². The SMILES string of the molecule is CCC/C(=N\NC(=O)c1ccncc1)c1ccc(C)s1. The second-order valence-electron chi connectivity index (χ2n) is 4.40. The number of carbonyl (C=O) groups excluding carboxylic acids is 1. The first-order valence-corrected chi connectivity index (χ1v) is 7.36. The lowest BCUT2D eigenvalue weighted by Crippen LogP contribution is -2.19. The first kappa shape index (κ1) is 14.4. The zero-order valence-electron chi connectivity index (χ0n) is 11.6. The first-order chi connectivity index (χ1) is 9.70. The van der Waals surface area contributed by atoms with Crippen LogP contribution in [0.2, 0.25) is 0 Å². The molecule has 0 aliphatic rings. The van der Waals surface area contributed by atoms with Gasteiger partial charge in [0.1, 0.15) is 0 Å². The summed E-state index contributed by atoms with van der Waals surface area (Å²) in [5.74, 6) is -0.214. The molecular weight excluding hydrogens is 270 g/mol. The lowest BCUT2D eigenvalue weighted by atomic mass is 10.2. The first-order valence-electron chi connectivity index (χ1n) is 6.54. The third-order valence-electron chi connectivity index (χ3n) is 2.75. The van der Waals surface area contributed by atoms with Crippen LogP contribution in [0.5, 0.6) is 0 Å². The van der Waals surface area contributed by atoms with Crippen molar-refractivity contribution in [3.63, 3.8) is 0 Å². The number of nitrogens with zero attached hydrogens (tertiary/aromatic N) is 2. The predicted octanol–water partition coefficient (Wildman–Crippen LogP) is 3.39. The van der Waals surface area contributed by atoms with Crippen LogP contribution >= 0.6 is 11.3 Å². The van der Waals surface area contributed by atoms with Crippen LogP contribution in [-0.4, -0.2) is 16.6 Å². The molecule has 20 heavy (non-hydrogen) atoms. The van der Waals surface area contributed by atoms with Gasteiger partial charge in [-0.25, -0.2) is 5.43 Å². The predicted molar refractivity (Wildman–Crippen MR) is 82.2 cm³/mol. The maximum atomic E-state index is 11.9. The minimum absolute atomic E-state index is 0.214. The van der Waals surface area contributed by atoms with Crippen LogP contribution in [0.3, 0.4) is 0 Å². The summed E-state index contributed by atoms with van der Waals surface area (Å²) in [5, 5.41) is 4.28. The fourth-order valence-electron chi connectivity index (χ4n) is 1.75. The Morgan fingerprint density at radius 1 is 1.30 bits per heavy atom. The van der Waals surface area contributed by atoms with Crippen molar-refractivity contribution in [3.8, 4) is 0 Å². The number of hydrazone groups is 1. The van der Waals surface area contributed by atoms with Crippen molar-refractivity contribution >= 4 is 23.0 Å². The van der Waals surface area contributed by atoms with Gasteiger partial charge in [0.05, 0.1) is 10.6 Å². The van der Waals surface area contributed by atoms with Crippen molar-refractivity contribution in [2.45, 2.75) is 26.7 Å². The summed E-state index contributed by atoms with van der Waals surface area (Å²) < 4.78 is 0. The largest absolute Gasteiger partial charge is 0.271 e. The molecule has 5 heteroatoms. The van der Waals surface area contributed by atoms with E-state index >= 15 is 0 Å². The quantitative estimate of drug-likeness (QED) is 0.677. The number of hydrogen-bond acceptors (Lipinski definition) is 4. The highest BCUT2D eigenvalue weighted by atomic mass is 32.1. The molecule has 2 rings (SSSR count). The Hall–Kier alpha value is -2.01. The van der Waals surface area contributed by atoms with Gasteiger partial charge >= 0.3 is 0 Å². The van der Waals surface area contributed by atoms with E-state index in [1.807, 2.05) is 6.07 Å². The summed E-state index contributed by atoms with van der Waals surface area (Å²) in [4.78, 5) is 18.2. The van der Waals surface area contributed by atoms with Gasteiger partial charge in [-0.1, -0.05) is 13.3 Å². The van der Waals surface area contributed by atoms with Crippen molar-refractivity contribution in [3.05, 3.63) is 52.0 Å². The number of rotatable bonds is 5. The Morgan fingerprint density at radius 2 is 2.05 bits per heavy atom. The molecule has 1 amide bonds. The molecule has 0 atom stereocenters. The van der Waals surface area contributed by atoms with Gasteiger partial charge in [0.15, 0.2) is 0 Å². The standard InChI is InChI=1S/C15H17N3OS/c1-3-4-13(14-6-5-11(2)20-14)17-18-15(19)12-7-9-16-10-8-12/h5-10H,3-4H2,1-2H3,(H,18,19)/b17-13+. The highest BCUT2D eigenvalue weighted by Gasteiger charge is 2.08. The van der Waals surface area contributed by atoms with Gasteiger partial charge in [-0.15, -0.1) is 11.3 Å². The van der Waals surface area contributed by atoms with Crippen molar-refractivity contribution < 1.29 is 4.79 Å². The Kier molecular flexibility index (Phi) is 5.01. The van der Waals surface area contributed by atoms with Crippen LogP contribution in [0.15, 0.2) is 41.8 Å². The molecule has 2 aromatic rings. The molecule has 0 saturated carbocycles. The number of aryl methyl sites for hydroxylation is 1. The third kappa shape index (κ3) is 3.74. The average molecular weight is 287 g/mol. The van der Waals surface area contributed by atoms with Crippen LogP contribution in [0.25, 0.3) is 0 Å². The second-order valence-corrected chi connectivity index (χ2v) is 5.68. The number of amides is 1. The van der Waals surface area contributed by atoms with Crippen LogP contribution in [-0.2, 0) is 0 Å². The normalized spacial score (nSPS) is 11.4. The lowest BCUT2D eigenvalue weighted by Gasteiger charge is -2.04. The van der Waals surface area contributed by atoms with Gasteiger partial charge in [0, 0.05) is 22.8 Å². The van der Waals surface area contributed by atoms with Crippen LogP contribution in [0, 0.1) is 6.92 Å². The molecule has 2 heterocycles. The van der Waals surface area contributed by atoms with E-state index in [-0.39, 0.29) is 5.91 Å². The Labute approximate surface area is 122 Å². The smallest absolute Gasteiger partial charge is 0.267 e. The van der Waals surface area contributed by atoms with Gasteiger partial charge in [0.25, 0.3) is 5.91 Å². The molecule has 0 bridgehead atoms. The number of thiophene rings is 1. The summed E-state index contributed by atoms with van der Waals surface area (Å²) in [7, 11) is 0. The zero-order chi connectivity index (χ0) is 14.4. The number of nitrogens with one attached hydrogen (secondary N) is 1. The molecule has 4 nitrogen and oxygen atoms in total. The van der Waals surface area contributed by atoms with Gasteiger partial charge in [-0.2, -0.15) is 5.10 Å². The van der Waals surface area contributed by atoms with Gasteiger partial charge in [0.2, 0.25) is 0 Å². The molecule has 0 aliphatic heterocycles. The summed E-state index contributed by atoms with van der Waals surface area (Å²) in [6.07, 6.45) is 5.01. The van der Waals surface area contributed by atoms with Crippen molar-refractivity contribution in [1.29, 1.82) is 0 Å². The highest BCUT2D eigenvalue weighted by Crippen LogP contribution is 2.18. The zero-order valence-corrected chi connectivity index (χ0v) is 12.4. The van der Waals surface area contributed by atoms with E-state index in [1.54, 1.807) is 35.9 Å². The Morgan fingerprint density at radius 3 is 2.65 bits per heavy atom. The fourth-order valence-corrected chi connectivity index (χ4v) is 2.63. The lowest BCUT2D eigenvalue weighted by molar-refractivity contribution is 0.0954. The number of hydrogen-bond donors (Lipinski definition) is 1. The molecule has 0 spiro atoms. The van der Waals surface area contributed by atoms with Crippen LogP contribution < -0.4 is 5.43 Å². The molecule has 0 unspecified atom stereocenters. The van der Waals surface area contributed by atoms with E-state index in [0.717, 1.165) is 23.4 Å². The Balaban J connectivity index is 2.12. The van der Waals surface area contributed by atoms with Gasteiger partial charge in [-0.05, 0) is 37.6 Å². The maximum absolute atomic E-state index is 11.9. The molecule has 0 saturated heterocycles. The van der Waals surface area contributed by atoms with Crippen molar-refractivity contribution in [2.24, 2.45) is 5.10 Å². The topological polar surface area (TPSA) is 54.4 Å². The van der Waals surface area contributed by atoms with E-state index in [2.05, 4.69) is 35.4 Å². The maximum Gasteiger partial charge on any atom is 0.271 e. The number of aromatic nitrogens is 1. The molecule has 0 aliphatic carbocycles. The van der Waals surface area contributed by atoms with E-state index in [0.29, 0.717) is 5.56 Å². The van der Waals surface area contributed by atoms with E-state index in [4.69, 9.17) is 0 Å². The number of pyridine rings is 1. The minimum Gasteiger partial charge on any atom is -0.267 e. The average Bonchev–Trinajstić information content (AvgIpc) is 2.90.